The molecule has 0 rings (SSSR count). The van der Waals surface area contributed by atoms with Crippen LogP contribution in [0.25, 0.3) is 0 Å². The molecule has 0 aliphatic carbocycles. The molecule has 0 saturated heterocycles. The van der Waals surface area contributed by atoms with Crippen molar-refractivity contribution >= 4 is 5.96 Å². The molecule has 2 N–H and O–H groups in total. The van der Waals surface area contributed by atoms with E-state index in [9.17, 15) is 0 Å². The summed E-state index contributed by atoms with van der Waals surface area (Å²) in [6, 6.07) is 0.519. The molecule has 0 fully saturated rings. The third-order valence-electron chi connectivity index (χ3n) is 3.88. The highest BCUT2D eigenvalue weighted by atomic mass is 16.5. The quantitative estimate of drug-likeness (QED) is 0.319. The van der Waals surface area contributed by atoms with Gasteiger partial charge >= 0.3 is 0 Å². The van der Waals surface area contributed by atoms with Crippen LogP contribution in [0.5, 0.6) is 0 Å². The van der Waals surface area contributed by atoms with Crippen molar-refractivity contribution in [2.45, 2.75) is 32.7 Å². The number of methoxy groups -OCH3 is 1. The normalized spacial score (nSPS) is 13.9. The SMILES string of the molecule is CN=C(NCCN(C)CCCOC)NCC(CC(C)C)N(C)C. The van der Waals surface area contributed by atoms with E-state index in [0.717, 1.165) is 45.2 Å². The van der Waals surface area contributed by atoms with Crippen LogP contribution in [0.3, 0.4) is 0 Å². The minimum atomic E-state index is 0.519. The van der Waals surface area contributed by atoms with Crippen molar-refractivity contribution in [1.82, 2.24) is 20.4 Å². The molecule has 0 amide bonds. The van der Waals surface area contributed by atoms with Gasteiger partial charge in [0, 0.05) is 53.0 Å². The lowest BCUT2D eigenvalue weighted by Gasteiger charge is -2.27. The van der Waals surface area contributed by atoms with E-state index < -0.39 is 0 Å². The Balaban J connectivity index is 4.02. The van der Waals surface area contributed by atoms with Gasteiger partial charge in [-0.15, -0.1) is 0 Å². The number of ether oxygens (including phenoxy) is 1. The van der Waals surface area contributed by atoms with Gasteiger partial charge in [0.05, 0.1) is 0 Å². The molecular weight excluding hydrogens is 290 g/mol. The molecule has 1 atom stereocenters. The Hall–Kier alpha value is -0.850. The van der Waals surface area contributed by atoms with Crippen LogP contribution in [-0.2, 0) is 4.74 Å². The molecule has 0 radical (unpaired) electrons. The fourth-order valence-corrected chi connectivity index (χ4v) is 2.41. The molecule has 0 spiro atoms. The van der Waals surface area contributed by atoms with E-state index >= 15 is 0 Å². The first-order chi connectivity index (χ1) is 10.9. The largest absolute Gasteiger partial charge is 0.385 e. The molecule has 6 nitrogen and oxygen atoms in total. The smallest absolute Gasteiger partial charge is 0.191 e. The van der Waals surface area contributed by atoms with Crippen LogP contribution in [0.4, 0.5) is 0 Å². The molecule has 0 bridgehead atoms. The molecule has 23 heavy (non-hydrogen) atoms. The minimum absolute atomic E-state index is 0.519. The van der Waals surface area contributed by atoms with Gasteiger partial charge in [-0.05, 0) is 39.9 Å². The second-order valence-corrected chi connectivity index (χ2v) is 6.78. The first-order valence-electron chi connectivity index (χ1n) is 8.69. The molecule has 0 saturated carbocycles. The number of likely N-dealkylation sites (N-methyl/N-ethyl adjacent to an activating group) is 2. The first kappa shape index (κ1) is 22.1. The summed E-state index contributed by atoms with van der Waals surface area (Å²) in [7, 11) is 9.99. The van der Waals surface area contributed by atoms with E-state index in [4.69, 9.17) is 4.74 Å². The third-order valence-corrected chi connectivity index (χ3v) is 3.88. The van der Waals surface area contributed by atoms with E-state index in [1.54, 1.807) is 7.11 Å². The van der Waals surface area contributed by atoms with E-state index in [1.165, 1.54) is 6.42 Å². The Morgan fingerprint density at radius 3 is 2.35 bits per heavy atom. The minimum Gasteiger partial charge on any atom is -0.385 e. The van der Waals surface area contributed by atoms with E-state index in [-0.39, 0.29) is 0 Å². The summed E-state index contributed by atoms with van der Waals surface area (Å²) in [5.74, 6) is 1.57. The highest BCUT2D eigenvalue weighted by Crippen LogP contribution is 2.07. The maximum absolute atomic E-state index is 5.08. The third kappa shape index (κ3) is 12.3. The average Bonchev–Trinajstić information content (AvgIpc) is 2.48. The molecule has 0 heterocycles. The lowest BCUT2D eigenvalue weighted by molar-refractivity contribution is 0.180. The Kier molecular flexibility index (Phi) is 13.1. The number of rotatable bonds is 12. The molecule has 0 aliphatic heterocycles. The summed E-state index contributed by atoms with van der Waals surface area (Å²) in [4.78, 5) is 8.90. The van der Waals surface area contributed by atoms with Gasteiger partial charge in [-0.2, -0.15) is 0 Å². The summed E-state index contributed by atoms with van der Waals surface area (Å²) in [5.41, 5.74) is 0. The summed E-state index contributed by atoms with van der Waals surface area (Å²) < 4.78 is 5.08. The highest BCUT2D eigenvalue weighted by Gasteiger charge is 2.13. The number of hydrogen-bond acceptors (Lipinski definition) is 4. The van der Waals surface area contributed by atoms with Crippen LogP contribution in [0, 0.1) is 5.92 Å². The lowest BCUT2D eigenvalue weighted by Crippen LogP contribution is -2.46. The van der Waals surface area contributed by atoms with Gasteiger partial charge in [0.25, 0.3) is 0 Å². The van der Waals surface area contributed by atoms with Crippen LogP contribution < -0.4 is 10.6 Å². The van der Waals surface area contributed by atoms with Gasteiger partial charge in [0.1, 0.15) is 0 Å². The predicted octanol–water partition coefficient (Wildman–Crippen LogP) is 1.10. The van der Waals surface area contributed by atoms with Gasteiger partial charge in [-0.25, -0.2) is 0 Å². The topological polar surface area (TPSA) is 52.1 Å². The van der Waals surface area contributed by atoms with Crippen molar-refractivity contribution in [3.05, 3.63) is 0 Å². The van der Waals surface area contributed by atoms with Crippen molar-refractivity contribution in [1.29, 1.82) is 0 Å². The molecule has 0 aromatic rings. The standard InChI is InChI=1S/C17H39N5O/c1-15(2)13-16(21(4)5)14-20-17(18-3)19-9-11-22(6)10-8-12-23-7/h15-16H,8-14H2,1-7H3,(H2,18,19,20). The maximum Gasteiger partial charge on any atom is 0.191 e. The molecular formula is C17H39N5O. The Bertz CT molecular complexity index is 307. The monoisotopic (exact) mass is 329 g/mol. The zero-order chi connectivity index (χ0) is 17.7. The predicted molar refractivity (Wildman–Crippen MR) is 100 cm³/mol. The molecule has 1 unspecified atom stereocenters. The Morgan fingerprint density at radius 1 is 1.13 bits per heavy atom. The number of guanidine groups is 1. The number of aliphatic imine (C=N–C) groups is 1. The second kappa shape index (κ2) is 13.6. The van der Waals surface area contributed by atoms with Gasteiger partial charge in [0.15, 0.2) is 5.96 Å². The van der Waals surface area contributed by atoms with Crippen molar-refractivity contribution in [3.8, 4) is 0 Å². The summed E-state index contributed by atoms with van der Waals surface area (Å²) in [6.07, 6.45) is 2.25. The van der Waals surface area contributed by atoms with Gasteiger partial charge in [0.2, 0.25) is 0 Å². The Morgan fingerprint density at radius 2 is 1.83 bits per heavy atom. The molecule has 0 aliphatic rings. The van der Waals surface area contributed by atoms with E-state index in [0.29, 0.717) is 12.0 Å². The van der Waals surface area contributed by atoms with Crippen molar-refractivity contribution in [3.63, 3.8) is 0 Å². The van der Waals surface area contributed by atoms with Crippen molar-refractivity contribution in [2.75, 3.05) is 68.1 Å². The van der Waals surface area contributed by atoms with Crippen LogP contribution >= 0.6 is 0 Å². The fourth-order valence-electron chi connectivity index (χ4n) is 2.41. The highest BCUT2D eigenvalue weighted by molar-refractivity contribution is 5.79. The number of nitrogens with zero attached hydrogens (tertiary/aromatic N) is 3. The number of hydrogen-bond donors (Lipinski definition) is 2. The van der Waals surface area contributed by atoms with Crippen LogP contribution in [0.2, 0.25) is 0 Å². The molecule has 6 heteroatoms. The lowest BCUT2D eigenvalue weighted by atomic mass is 10.0. The summed E-state index contributed by atoms with van der Waals surface area (Å²) in [5, 5.41) is 6.83. The molecule has 0 aromatic heterocycles. The van der Waals surface area contributed by atoms with Crippen LogP contribution in [0.1, 0.15) is 26.7 Å². The van der Waals surface area contributed by atoms with Gasteiger partial charge in [-0.1, -0.05) is 13.8 Å². The van der Waals surface area contributed by atoms with Crippen molar-refractivity contribution in [2.24, 2.45) is 10.9 Å². The summed E-state index contributed by atoms with van der Waals surface area (Å²) >= 11 is 0. The van der Waals surface area contributed by atoms with Gasteiger partial charge in [-0.3, -0.25) is 4.99 Å². The van der Waals surface area contributed by atoms with Crippen molar-refractivity contribution < 1.29 is 4.74 Å². The van der Waals surface area contributed by atoms with E-state index in [1.807, 2.05) is 7.05 Å². The molecule has 0 aromatic carbocycles. The average molecular weight is 330 g/mol. The first-order valence-corrected chi connectivity index (χ1v) is 8.69. The van der Waals surface area contributed by atoms with E-state index in [2.05, 4.69) is 60.4 Å². The number of nitrogens with one attached hydrogen (secondary N) is 2. The van der Waals surface area contributed by atoms with Crippen LogP contribution in [-0.4, -0.2) is 89.9 Å². The second-order valence-electron chi connectivity index (χ2n) is 6.78. The fraction of sp³-hybridized carbons (Fsp3) is 0.941. The van der Waals surface area contributed by atoms with Gasteiger partial charge < -0.3 is 25.2 Å². The molecule has 138 valence electrons. The Labute approximate surface area is 143 Å². The summed E-state index contributed by atoms with van der Waals surface area (Å²) in [6.45, 7) is 9.20. The zero-order valence-electron chi connectivity index (χ0n) is 16.4. The van der Waals surface area contributed by atoms with Crippen LogP contribution in [0.15, 0.2) is 4.99 Å². The maximum atomic E-state index is 5.08. The zero-order valence-corrected chi connectivity index (χ0v) is 16.4.